The third-order valence-corrected chi connectivity index (χ3v) is 8.11. The number of para-hydroxylation sites is 1. The van der Waals surface area contributed by atoms with Crippen molar-refractivity contribution in [2.75, 3.05) is 45.4 Å². The van der Waals surface area contributed by atoms with E-state index in [2.05, 4.69) is 10.2 Å². The Balaban J connectivity index is 1.32. The van der Waals surface area contributed by atoms with Gasteiger partial charge in [0.2, 0.25) is 5.91 Å². The van der Waals surface area contributed by atoms with Gasteiger partial charge in [0.25, 0.3) is 11.8 Å². The van der Waals surface area contributed by atoms with Gasteiger partial charge in [0.1, 0.15) is 23.6 Å². The first-order valence-electron chi connectivity index (χ1n) is 13.8. The lowest BCUT2D eigenvalue weighted by molar-refractivity contribution is -0.137. The summed E-state index contributed by atoms with van der Waals surface area (Å²) in [5.74, 6) is 0.604. The third kappa shape index (κ3) is 5.57. The molecule has 0 aliphatic carbocycles. The van der Waals surface area contributed by atoms with Gasteiger partial charge in [-0.1, -0.05) is 48.5 Å². The predicted octanol–water partition coefficient (Wildman–Crippen LogP) is 3.86. The number of hydrogen-bond donors (Lipinski definition) is 1. The molecule has 2 fully saturated rings. The SMILES string of the molecule is COc1ccc(C(=O)N2CCC3(CC2)C(=O)N(CC(=O)NC(C)c2ccccc2)CN3c2ccccc2)c(OC)c1. The summed E-state index contributed by atoms with van der Waals surface area (Å²) < 4.78 is 10.7. The molecule has 41 heavy (non-hydrogen) atoms. The van der Waals surface area contributed by atoms with Gasteiger partial charge in [0, 0.05) is 24.8 Å². The van der Waals surface area contributed by atoms with Gasteiger partial charge >= 0.3 is 0 Å². The average molecular weight is 557 g/mol. The first-order valence-corrected chi connectivity index (χ1v) is 13.8. The highest BCUT2D eigenvalue weighted by Gasteiger charge is 2.54. The van der Waals surface area contributed by atoms with Crippen LogP contribution in [0.5, 0.6) is 11.5 Å². The zero-order chi connectivity index (χ0) is 29.0. The number of amides is 3. The lowest BCUT2D eigenvalue weighted by Gasteiger charge is -2.43. The maximum Gasteiger partial charge on any atom is 0.257 e. The molecule has 3 amide bonds. The maximum absolute atomic E-state index is 14.0. The number of nitrogens with one attached hydrogen (secondary N) is 1. The van der Waals surface area contributed by atoms with Crippen LogP contribution >= 0.6 is 0 Å². The number of carbonyl (C=O) groups excluding carboxylic acids is 3. The topological polar surface area (TPSA) is 91.4 Å². The Bertz CT molecular complexity index is 1390. The summed E-state index contributed by atoms with van der Waals surface area (Å²) in [6.07, 6.45) is 0.896. The van der Waals surface area contributed by atoms with Gasteiger partial charge in [-0.3, -0.25) is 14.4 Å². The molecule has 5 rings (SSSR count). The molecular weight excluding hydrogens is 520 g/mol. The molecule has 0 bridgehead atoms. The van der Waals surface area contributed by atoms with Crippen LogP contribution < -0.4 is 19.7 Å². The highest BCUT2D eigenvalue weighted by molar-refractivity contribution is 5.99. The summed E-state index contributed by atoms with van der Waals surface area (Å²) in [5, 5.41) is 3.02. The minimum absolute atomic E-state index is 0.0349. The van der Waals surface area contributed by atoms with E-state index in [1.807, 2.05) is 67.6 Å². The summed E-state index contributed by atoms with van der Waals surface area (Å²) in [7, 11) is 3.09. The van der Waals surface area contributed by atoms with Crippen LogP contribution in [0.3, 0.4) is 0 Å². The number of carbonyl (C=O) groups is 3. The molecule has 1 N–H and O–H groups in total. The Labute approximate surface area is 240 Å². The van der Waals surface area contributed by atoms with Gasteiger partial charge in [-0.15, -0.1) is 0 Å². The fourth-order valence-corrected chi connectivity index (χ4v) is 5.83. The molecule has 2 aliphatic heterocycles. The lowest BCUT2D eigenvalue weighted by atomic mass is 9.85. The minimum atomic E-state index is -0.840. The number of methoxy groups -OCH3 is 2. The molecule has 1 spiro atoms. The Hall–Kier alpha value is -4.53. The van der Waals surface area contributed by atoms with Crippen molar-refractivity contribution >= 4 is 23.4 Å². The molecule has 0 aromatic heterocycles. The minimum Gasteiger partial charge on any atom is -0.497 e. The molecule has 0 radical (unpaired) electrons. The predicted molar refractivity (Wildman–Crippen MR) is 156 cm³/mol. The Morgan fingerprint density at radius 1 is 0.927 bits per heavy atom. The van der Waals surface area contributed by atoms with Crippen molar-refractivity contribution in [3.63, 3.8) is 0 Å². The molecule has 2 heterocycles. The van der Waals surface area contributed by atoms with E-state index in [9.17, 15) is 14.4 Å². The smallest absolute Gasteiger partial charge is 0.257 e. The van der Waals surface area contributed by atoms with Crippen LogP contribution in [0.2, 0.25) is 0 Å². The number of nitrogens with zero attached hydrogens (tertiary/aromatic N) is 3. The van der Waals surface area contributed by atoms with Gasteiger partial charge in [0.15, 0.2) is 0 Å². The van der Waals surface area contributed by atoms with E-state index in [0.29, 0.717) is 49.7 Å². The molecule has 2 saturated heterocycles. The van der Waals surface area contributed by atoms with Crippen molar-refractivity contribution in [1.29, 1.82) is 0 Å². The number of anilines is 1. The zero-order valence-electron chi connectivity index (χ0n) is 23.7. The van der Waals surface area contributed by atoms with Gasteiger partial charge in [-0.25, -0.2) is 0 Å². The molecule has 3 aromatic rings. The van der Waals surface area contributed by atoms with Crippen molar-refractivity contribution in [2.24, 2.45) is 0 Å². The fraction of sp³-hybridized carbons (Fsp3) is 0.344. The van der Waals surface area contributed by atoms with E-state index in [-0.39, 0.29) is 30.3 Å². The number of ether oxygens (including phenoxy) is 2. The van der Waals surface area contributed by atoms with Crippen LogP contribution in [0.25, 0.3) is 0 Å². The quantitative estimate of drug-likeness (QED) is 0.453. The van der Waals surface area contributed by atoms with E-state index < -0.39 is 5.54 Å². The standard InChI is InChI=1S/C32H36N4O5/c1-23(24-10-6-4-7-11-24)33-29(37)21-35-22-36(25-12-8-5-9-13-25)32(31(35)39)16-18-34(19-17-32)30(38)27-15-14-26(40-2)20-28(27)41-3/h4-15,20,23H,16-19,21-22H2,1-3H3,(H,33,37). The van der Waals surface area contributed by atoms with Gasteiger partial charge in [0.05, 0.1) is 32.5 Å². The van der Waals surface area contributed by atoms with Gasteiger partial charge in [-0.2, -0.15) is 0 Å². The highest BCUT2D eigenvalue weighted by atomic mass is 16.5. The van der Waals surface area contributed by atoms with Crippen molar-refractivity contribution < 1.29 is 23.9 Å². The van der Waals surface area contributed by atoms with Crippen molar-refractivity contribution in [3.05, 3.63) is 90.0 Å². The average Bonchev–Trinajstić information content (AvgIpc) is 3.27. The Morgan fingerprint density at radius 3 is 2.22 bits per heavy atom. The van der Waals surface area contributed by atoms with E-state index >= 15 is 0 Å². The monoisotopic (exact) mass is 556 g/mol. The number of rotatable bonds is 8. The third-order valence-electron chi connectivity index (χ3n) is 8.11. The van der Waals surface area contributed by atoms with Crippen molar-refractivity contribution in [3.8, 4) is 11.5 Å². The molecule has 1 atom stereocenters. The second kappa shape index (κ2) is 11.9. The van der Waals surface area contributed by atoms with Gasteiger partial charge in [-0.05, 0) is 49.6 Å². The number of hydrogen-bond acceptors (Lipinski definition) is 6. The van der Waals surface area contributed by atoms with E-state index in [0.717, 1.165) is 11.3 Å². The van der Waals surface area contributed by atoms with Crippen molar-refractivity contribution in [2.45, 2.75) is 31.3 Å². The van der Waals surface area contributed by atoms with Crippen LogP contribution in [-0.4, -0.2) is 73.6 Å². The summed E-state index contributed by atoms with van der Waals surface area (Å²) in [6.45, 7) is 2.99. The summed E-state index contributed by atoms with van der Waals surface area (Å²) in [6, 6.07) is 24.5. The maximum atomic E-state index is 14.0. The molecule has 3 aromatic carbocycles. The van der Waals surface area contributed by atoms with Crippen LogP contribution in [0.1, 0.15) is 41.7 Å². The number of piperidine rings is 1. The second-order valence-electron chi connectivity index (χ2n) is 10.5. The van der Waals surface area contributed by atoms with Gasteiger partial charge < -0.3 is 29.5 Å². The molecule has 214 valence electrons. The molecule has 9 heteroatoms. The van der Waals surface area contributed by atoms with Crippen LogP contribution in [0.15, 0.2) is 78.9 Å². The van der Waals surface area contributed by atoms with Crippen LogP contribution in [-0.2, 0) is 9.59 Å². The summed E-state index contributed by atoms with van der Waals surface area (Å²) >= 11 is 0. The lowest BCUT2D eigenvalue weighted by Crippen LogP contribution is -2.57. The molecular formula is C32H36N4O5. The Kier molecular flexibility index (Phi) is 8.14. The van der Waals surface area contributed by atoms with Crippen molar-refractivity contribution in [1.82, 2.24) is 15.1 Å². The first kappa shape index (κ1) is 28.0. The molecule has 1 unspecified atom stereocenters. The number of benzene rings is 3. The van der Waals surface area contributed by atoms with Crippen LogP contribution in [0, 0.1) is 0 Å². The molecule has 0 saturated carbocycles. The molecule has 9 nitrogen and oxygen atoms in total. The number of likely N-dealkylation sites (tertiary alicyclic amines) is 1. The fourth-order valence-electron chi connectivity index (χ4n) is 5.83. The van der Waals surface area contributed by atoms with Crippen LogP contribution in [0.4, 0.5) is 5.69 Å². The van der Waals surface area contributed by atoms with E-state index in [4.69, 9.17) is 9.47 Å². The largest absolute Gasteiger partial charge is 0.497 e. The zero-order valence-corrected chi connectivity index (χ0v) is 23.7. The highest BCUT2D eigenvalue weighted by Crippen LogP contribution is 2.40. The normalized spacial score (nSPS) is 17.0. The van der Waals surface area contributed by atoms with E-state index in [1.165, 1.54) is 7.11 Å². The first-order chi connectivity index (χ1) is 19.9. The Morgan fingerprint density at radius 2 is 1.59 bits per heavy atom. The molecule has 2 aliphatic rings. The summed E-state index contributed by atoms with van der Waals surface area (Å²) in [4.78, 5) is 46.1. The summed E-state index contributed by atoms with van der Waals surface area (Å²) in [5.41, 5.74) is 1.53. The second-order valence-corrected chi connectivity index (χ2v) is 10.5. The van der Waals surface area contributed by atoms with E-state index in [1.54, 1.807) is 35.1 Å².